The van der Waals surface area contributed by atoms with Gasteiger partial charge in [-0.25, -0.2) is 18.3 Å². The summed E-state index contributed by atoms with van der Waals surface area (Å²) in [6, 6.07) is 30.4. The second kappa shape index (κ2) is 14.1. The van der Waals surface area contributed by atoms with Crippen LogP contribution in [0, 0.1) is 13.0 Å². The minimum absolute atomic E-state index is 0. The minimum atomic E-state index is 0. The quantitative estimate of drug-likeness (QED) is 0.103. The molecule has 0 saturated carbocycles. The summed E-state index contributed by atoms with van der Waals surface area (Å²) in [5, 5.41) is 17.7. The van der Waals surface area contributed by atoms with Crippen LogP contribution >= 0.6 is 0 Å². The Kier molecular flexibility index (Phi) is 10.1. The molecule has 0 saturated heterocycles. The number of hydrogen-bond donors (Lipinski definition) is 0. The first-order valence-electron chi connectivity index (χ1n) is 12.6. The van der Waals surface area contributed by atoms with Gasteiger partial charge in [0, 0.05) is 38.9 Å². The Labute approximate surface area is 242 Å². The molecule has 0 amide bonds. The molecule has 9 heteroatoms. The fraction of sp³-hybridized carbons (Fsp3) is 0.167. The first-order valence-corrected chi connectivity index (χ1v) is 12.6. The molecule has 2 aromatic carbocycles. The van der Waals surface area contributed by atoms with Gasteiger partial charge in [-0.15, -0.1) is 12.1 Å². The van der Waals surface area contributed by atoms with E-state index in [-0.39, 0.29) is 21.1 Å². The van der Waals surface area contributed by atoms with E-state index in [9.17, 15) is 0 Å². The second-order valence-corrected chi connectivity index (χ2v) is 8.89. The Hall–Kier alpha value is -4.16. The zero-order chi connectivity index (χ0) is 26.0. The minimum Gasteiger partial charge on any atom is -0.233 e. The van der Waals surface area contributed by atoms with Gasteiger partial charge in [-0.05, 0) is 36.3 Å². The predicted molar refractivity (Wildman–Crippen MR) is 143 cm³/mol. The van der Waals surface area contributed by atoms with E-state index in [0.29, 0.717) is 0 Å². The zero-order valence-electron chi connectivity index (χ0n) is 21.8. The molecular formula is C30H30N8W+2. The van der Waals surface area contributed by atoms with Crippen molar-refractivity contribution in [1.29, 1.82) is 0 Å². The Morgan fingerprint density at radius 3 is 1.95 bits per heavy atom. The average molecular weight is 686 g/mol. The Morgan fingerprint density at radius 1 is 0.667 bits per heavy atom. The van der Waals surface area contributed by atoms with E-state index in [0.717, 1.165) is 49.2 Å². The van der Waals surface area contributed by atoms with Gasteiger partial charge in [0.25, 0.3) is 0 Å². The number of pyridine rings is 2. The maximum atomic E-state index is 4.48. The van der Waals surface area contributed by atoms with Gasteiger partial charge in [0.2, 0.25) is 6.33 Å². The standard InChI is InChI=1S/C30H30N8.W/c1-26-13-15-28(16-14-26)32-34-30-12-6-8-18-38(30)24-22-36-20-19-35(25-36)21-23-37-17-7-5-11-29(37)33-31-27-9-3-2-4-10-27;/h3-20,25H,21-24H2,1H3;/q+2;. The molecule has 0 bridgehead atoms. The van der Waals surface area contributed by atoms with Crippen LogP contribution in [-0.4, -0.2) is 4.57 Å². The van der Waals surface area contributed by atoms with Gasteiger partial charge in [0.05, 0.1) is 22.6 Å². The first kappa shape index (κ1) is 27.9. The van der Waals surface area contributed by atoms with E-state index in [4.69, 9.17) is 0 Å². The van der Waals surface area contributed by atoms with Crippen molar-refractivity contribution in [2.45, 2.75) is 33.1 Å². The zero-order valence-corrected chi connectivity index (χ0v) is 24.7. The van der Waals surface area contributed by atoms with E-state index >= 15 is 0 Å². The van der Waals surface area contributed by atoms with Gasteiger partial charge in [-0.3, -0.25) is 0 Å². The van der Waals surface area contributed by atoms with Crippen molar-refractivity contribution in [2.24, 2.45) is 20.5 Å². The van der Waals surface area contributed by atoms with Crippen molar-refractivity contribution < 1.29 is 34.8 Å². The van der Waals surface area contributed by atoms with Crippen LogP contribution in [0.3, 0.4) is 0 Å². The van der Waals surface area contributed by atoms with E-state index in [1.807, 2.05) is 97.3 Å². The van der Waals surface area contributed by atoms with Crippen molar-refractivity contribution in [2.75, 3.05) is 0 Å². The van der Waals surface area contributed by atoms with Crippen molar-refractivity contribution in [3.05, 3.63) is 128 Å². The van der Waals surface area contributed by atoms with Gasteiger partial charge >= 0.3 is 11.6 Å². The number of azo groups is 2. The van der Waals surface area contributed by atoms with Gasteiger partial charge in [0.1, 0.15) is 44.3 Å². The molecule has 0 aliphatic carbocycles. The molecule has 0 aliphatic heterocycles. The Balaban J connectivity index is 0.00000353. The van der Waals surface area contributed by atoms with Crippen LogP contribution in [-0.2, 0) is 47.2 Å². The summed E-state index contributed by atoms with van der Waals surface area (Å²) in [6.07, 6.45) is 10.4. The number of aromatic nitrogens is 4. The normalized spacial score (nSPS) is 11.2. The third-order valence-corrected chi connectivity index (χ3v) is 6.05. The topological polar surface area (TPSA) is 66.0 Å². The smallest absolute Gasteiger partial charge is 0.233 e. The monoisotopic (exact) mass is 686 g/mol. The molecule has 0 radical (unpaired) electrons. The van der Waals surface area contributed by atoms with Crippen molar-refractivity contribution in [1.82, 2.24) is 4.57 Å². The van der Waals surface area contributed by atoms with Gasteiger partial charge < -0.3 is 0 Å². The van der Waals surface area contributed by atoms with Crippen LogP contribution in [0.15, 0.2) is 137 Å². The molecule has 0 spiro atoms. The molecule has 0 N–H and O–H groups in total. The fourth-order valence-electron chi connectivity index (χ4n) is 3.92. The van der Waals surface area contributed by atoms with Crippen LogP contribution in [0.2, 0.25) is 0 Å². The maximum Gasteiger partial charge on any atom is 0.350 e. The number of rotatable bonds is 10. The Morgan fingerprint density at radius 2 is 1.28 bits per heavy atom. The third kappa shape index (κ3) is 8.16. The number of hydrogen-bond acceptors (Lipinski definition) is 4. The molecule has 0 unspecified atom stereocenters. The molecule has 5 rings (SSSR count). The van der Waals surface area contributed by atoms with Crippen LogP contribution in [0.5, 0.6) is 0 Å². The molecule has 0 aliphatic rings. The third-order valence-electron chi connectivity index (χ3n) is 6.05. The number of aryl methyl sites for hydroxylation is 5. The number of benzene rings is 2. The summed E-state index contributed by atoms with van der Waals surface area (Å²) in [7, 11) is 0. The van der Waals surface area contributed by atoms with E-state index in [2.05, 4.69) is 70.4 Å². The molecule has 3 heterocycles. The molecule has 39 heavy (non-hydrogen) atoms. The van der Waals surface area contributed by atoms with Crippen LogP contribution < -0.4 is 13.7 Å². The summed E-state index contributed by atoms with van der Waals surface area (Å²) in [5.74, 6) is 1.64. The van der Waals surface area contributed by atoms with E-state index in [1.165, 1.54) is 5.56 Å². The van der Waals surface area contributed by atoms with Crippen LogP contribution in [0.4, 0.5) is 23.0 Å². The van der Waals surface area contributed by atoms with Crippen molar-refractivity contribution >= 4 is 23.0 Å². The Bertz CT molecular complexity index is 1530. The van der Waals surface area contributed by atoms with E-state index in [1.54, 1.807) is 0 Å². The predicted octanol–water partition coefficient (Wildman–Crippen LogP) is 5.69. The fourth-order valence-corrected chi connectivity index (χ4v) is 3.92. The molecule has 8 nitrogen and oxygen atoms in total. The van der Waals surface area contributed by atoms with Gasteiger partial charge in [0.15, 0.2) is 0 Å². The SMILES string of the molecule is Cc1ccc(N=Nc2cccc[n+]2CC[n+]2ccn(CC[n+]3ccccc3N=Nc3cc[c-]cc3)c2)cc1.[W]. The van der Waals surface area contributed by atoms with Crippen LogP contribution in [0.25, 0.3) is 0 Å². The molecule has 0 atom stereocenters. The summed E-state index contributed by atoms with van der Waals surface area (Å²) in [6.45, 7) is 5.27. The second-order valence-electron chi connectivity index (χ2n) is 8.89. The van der Waals surface area contributed by atoms with Crippen molar-refractivity contribution in [3.63, 3.8) is 0 Å². The number of imidazole rings is 1. The summed E-state index contributed by atoms with van der Waals surface area (Å²) >= 11 is 0. The maximum absolute atomic E-state index is 4.48. The molecular weight excluding hydrogens is 656 g/mol. The van der Waals surface area contributed by atoms with E-state index < -0.39 is 0 Å². The largest absolute Gasteiger partial charge is 0.350 e. The molecule has 5 aromatic rings. The number of nitrogens with zero attached hydrogens (tertiary/aromatic N) is 8. The van der Waals surface area contributed by atoms with Crippen molar-refractivity contribution in [3.8, 4) is 0 Å². The summed E-state index contributed by atoms with van der Waals surface area (Å²) in [5.41, 5.74) is 2.86. The molecule has 194 valence electrons. The van der Waals surface area contributed by atoms with Gasteiger partial charge in [-0.1, -0.05) is 34.9 Å². The van der Waals surface area contributed by atoms with Crippen LogP contribution in [0.1, 0.15) is 5.56 Å². The average Bonchev–Trinajstić information content (AvgIpc) is 3.43. The first-order chi connectivity index (χ1) is 18.7. The summed E-state index contributed by atoms with van der Waals surface area (Å²) in [4.78, 5) is 0. The molecule has 3 aromatic heterocycles. The molecule has 0 fully saturated rings. The van der Waals surface area contributed by atoms with Gasteiger partial charge in [-0.2, -0.15) is 18.2 Å². The summed E-state index contributed by atoms with van der Waals surface area (Å²) < 4.78 is 8.59.